The second-order valence-electron chi connectivity index (χ2n) is 6.44. The Morgan fingerprint density at radius 2 is 2.14 bits per heavy atom. The largest absolute Gasteiger partial charge is 0.484 e. The summed E-state index contributed by atoms with van der Waals surface area (Å²) in [6.45, 7) is 3.99. The van der Waals surface area contributed by atoms with Crippen LogP contribution in [0.1, 0.15) is 38.6 Å². The lowest BCUT2D eigenvalue weighted by Gasteiger charge is -2.38. The predicted octanol–water partition coefficient (Wildman–Crippen LogP) is 3.92. The van der Waals surface area contributed by atoms with Crippen LogP contribution in [0.3, 0.4) is 0 Å². The highest BCUT2D eigenvalue weighted by atomic mass is 79.9. The number of nitriles is 1. The second-order valence-corrected chi connectivity index (χ2v) is 7.22. The highest BCUT2D eigenvalue weighted by molar-refractivity contribution is 9.10. The van der Waals surface area contributed by atoms with E-state index in [1.54, 1.807) is 12.1 Å². The first-order valence-electron chi connectivity index (χ1n) is 6.99. The molecule has 1 N–H and O–H groups in total. The Bertz CT molecular complexity index is 739. The first-order chi connectivity index (χ1) is 10.3. The van der Waals surface area contributed by atoms with Gasteiger partial charge in [0.1, 0.15) is 17.4 Å². The summed E-state index contributed by atoms with van der Waals surface area (Å²) in [5, 5.41) is 17.7. The summed E-state index contributed by atoms with van der Waals surface area (Å²) in [5.41, 5.74) is 0.124. The summed E-state index contributed by atoms with van der Waals surface area (Å²) < 4.78 is 12.0. The Labute approximate surface area is 136 Å². The number of nitrogens with zero attached hydrogens (tertiary/aromatic N) is 1. The first-order valence-corrected chi connectivity index (χ1v) is 7.78. The van der Waals surface area contributed by atoms with Crippen LogP contribution in [0.15, 0.2) is 32.6 Å². The number of halogens is 1. The quantitative estimate of drug-likeness (QED) is 0.819. The van der Waals surface area contributed by atoms with E-state index in [1.165, 1.54) is 0 Å². The molecular formula is C16H15BrN2O3. The maximum atomic E-state index is 12.3. The normalized spacial score (nSPS) is 27.2. The molecule has 1 unspecified atom stereocenters. The minimum atomic E-state index is -0.845. The topological polar surface area (TPSA) is 87.1 Å². The average Bonchev–Trinajstić information content (AvgIpc) is 2.82. The molecule has 1 aliphatic carbocycles. The van der Waals surface area contributed by atoms with Crippen molar-refractivity contribution in [3.05, 3.63) is 33.9 Å². The van der Waals surface area contributed by atoms with E-state index in [2.05, 4.69) is 22.0 Å². The number of hydrogen-bond donors (Lipinski definition) is 1. The molecule has 0 spiro atoms. The van der Waals surface area contributed by atoms with Gasteiger partial charge in [0.15, 0.2) is 16.6 Å². The van der Waals surface area contributed by atoms with Crippen molar-refractivity contribution in [1.29, 1.82) is 10.7 Å². The van der Waals surface area contributed by atoms with Crippen molar-refractivity contribution in [2.24, 2.45) is 11.3 Å². The van der Waals surface area contributed by atoms with E-state index in [-0.39, 0.29) is 22.5 Å². The van der Waals surface area contributed by atoms with Crippen LogP contribution in [-0.2, 0) is 9.53 Å². The van der Waals surface area contributed by atoms with Crippen LogP contribution in [-0.4, -0.2) is 11.5 Å². The third-order valence-electron chi connectivity index (χ3n) is 4.00. The molecule has 0 saturated carbocycles. The number of ketones is 1. The number of carbonyl (C=O) groups excluding carboxylic acids is 1. The maximum absolute atomic E-state index is 12.3. The van der Waals surface area contributed by atoms with Crippen LogP contribution >= 0.6 is 15.9 Å². The summed E-state index contributed by atoms with van der Waals surface area (Å²) in [6, 6.07) is 5.51. The standard InChI is InChI=1S/C16H15BrN2O3/c1-16(2)5-9(20)13-11(6-16)22-15(8(7-18)14(13)19)10-3-4-12(17)21-10/h3-4,8,15,19H,5-6H2,1-2H3/t8?,15-/m0/s1. The molecule has 0 radical (unpaired) electrons. The van der Waals surface area contributed by atoms with Crippen molar-refractivity contribution in [3.8, 4) is 6.07 Å². The Balaban J connectivity index is 2.06. The zero-order valence-electron chi connectivity index (χ0n) is 12.3. The van der Waals surface area contributed by atoms with Crippen LogP contribution < -0.4 is 0 Å². The number of hydrogen-bond acceptors (Lipinski definition) is 5. The number of furan rings is 1. The van der Waals surface area contributed by atoms with Gasteiger partial charge >= 0.3 is 0 Å². The third kappa shape index (κ3) is 2.40. The van der Waals surface area contributed by atoms with Crippen LogP contribution in [0.25, 0.3) is 0 Å². The molecule has 0 amide bonds. The second kappa shape index (κ2) is 5.10. The lowest BCUT2D eigenvalue weighted by molar-refractivity contribution is -0.118. The number of nitrogens with one attached hydrogen (secondary N) is 1. The van der Waals surface area contributed by atoms with E-state index in [0.29, 0.717) is 29.0 Å². The van der Waals surface area contributed by atoms with Gasteiger partial charge in [0.2, 0.25) is 0 Å². The Morgan fingerprint density at radius 1 is 1.41 bits per heavy atom. The van der Waals surface area contributed by atoms with Crippen LogP contribution in [0.2, 0.25) is 0 Å². The van der Waals surface area contributed by atoms with Crippen LogP contribution in [0.5, 0.6) is 0 Å². The van der Waals surface area contributed by atoms with Gasteiger partial charge in [0.05, 0.1) is 17.4 Å². The van der Waals surface area contributed by atoms with Crippen LogP contribution in [0.4, 0.5) is 0 Å². The van der Waals surface area contributed by atoms with Gasteiger partial charge in [-0.05, 0) is 33.5 Å². The molecule has 2 atom stereocenters. The molecule has 3 rings (SSSR count). The smallest absolute Gasteiger partial charge is 0.177 e. The van der Waals surface area contributed by atoms with Crippen molar-refractivity contribution in [2.45, 2.75) is 32.8 Å². The molecular weight excluding hydrogens is 348 g/mol. The van der Waals surface area contributed by atoms with Crippen LogP contribution in [0, 0.1) is 28.1 Å². The van der Waals surface area contributed by atoms with E-state index in [1.807, 2.05) is 13.8 Å². The van der Waals surface area contributed by atoms with E-state index >= 15 is 0 Å². The van der Waals surface area contributed by atoms with E-state index in [0.717, 1.165) is 0 Å². The fraction of sp³-hybridized carbons (Fsp3) is 0.438. The fourth-order valence-corrected chi connectivity index (χ4v) is 3.35. The van der Waals surface area contributed by atoms with Crippen molar-refractivity contribution < 1.29 is 13.9 Å². The van der Waals surface area contributed by atoms with Gasteiger partial charge in [-0.2, -0.15) is 5.26 Å². The van der Waals surface area contributed by atoms with Gasteiger partial charge in [-0.1, -0.05) is 13.8 Å². The number of rotatable bonds is 1. The zero-order valence-corrected chi connectivity index (χ0v) is 13.9. The van der Waals surface area contributed by atoms with Crippen molar-refractivity contribution in [1.82, 2.24) is 0 Å². The van der Waals surface area contributed by atoms with Gasteiger partial charge in [0, 0.05) is 12.8 Å². The van der Waals surface area contributed by atoms with Gasteiger partial charge in [-0.15, -0.1) is 0 Å². The maximum Gasteiger partial charge on any atom is 0.177 e. The van der Waals surface area contributed by atoms with E-state index in [4.69, 9.17) is 14.6 Å². The monoisotopic (exact) mass is 362 g/mol. The van der Waals surface area contributed by atoms with Crippen molar-refractivity contribution in [2.75, 3.05) is 0 Å². The number of Topliss-reactive ketones (excluding diaryl/α,β-unsaturated/α-hetero) is 1. The molecule has 2 aliphatic rings. The lowest BCUT2D eigenvalue weighted by Crippen LogP contribution is -2.38. The number of carbonyl (C=O) groups is 1. The molecule has 0 fully saturated rings. The predicted molar refractivity (Wildman–Crippen MR) is 82.1 cm³/mol. The number of ether oxygens (including phenoxy) is 1. The highest BCUT2D eigenvalue weighted by Gasteiger charge is 2.45. The number of allylic oxidation sites excluding steroid dienone is 2. The molecule has 0 saturated heterocycles. The van der Waals surface area contributed by atoms with Crippen molar-refractivity contribution >= 4 is 27.4 Å². The minimum absolute atomic E-state index is 0.0433. The van der Waals surface area contributed by atoms with Gasteiger partial charge in [-0.25, -0.2) is 0 Å². The molecule has 0 bridgehead atoms. The Morgan fingerprint density at radius 3 is 2.73 bits per heavy atom. The zero-order chi connectivity index (χ0) is 16.1. The van der Waals surface area contributed by atoms with Crippen molar-refractivity contribution in [3.63, 3.8) is 0 Å². The summed E-state index contributed by atoms with van der Waals surface area (Å²) in [6.07, 6.45) is 0.254. The molecule has 1 aliphatic heterocycles. The first kappa shape index (κ1) is 15.0. The lowest BCUT2D eigenvalue weighted by atomic mass is 9.72. The van der Waals surface area contributed by atoms with Gasteiger partial charge in [-0.3, -0.25) is 4.79 Å². The molecule has 1 aromatic rings. The molecule has 0 aromatic carbocycles. The summed E-state index contributed by atoms with van der Waals surface area (Å²) in [4.78, 5) is 12.3. The summed E-state index contributed by atoms with van der Waals surface area (Å²) >= 11 is 3.23. The molecule has 5 nitrogen and oxygen atoms in total. The highest BCUT2D eigenvalue weighted by Crippen LogP contribution is 2.45. The Hall–Kier alpha value is -1.87. The molecule has 22 heavy (non-hydrogen) atoms. The van der Waals surface area contributed by atoms with E-state index < -0.39 is 12.0 Å². The fourth-order valence-electron chi connectivity index (χ4n) is 3.03. The van der Waals surface area contributed by atoms with Gasteiger partial charge < -0.3 is 14.6 Å². The van der Waals surface area contributed by atoms with E-state index in [9.17, 15) is 10.1 Å². The van der Waals surface area contributed by atoms with Gasteiger partial charge in [0.25, 0.3) is 0 Å². The molecule has 114 valence electrons. The molecule has 2 heterocycles. The summed E-state index contributed by atoms with van der Waals surface area (Å²) in [7, 11) is 0. The third-order valence-corrected chi connectivity index (χ3v) is 4.43. The minimum Gasteiger partial charge on any atom is -0.484 e. The molecule has 6 heteroatoms. The average molecular weight is 363 g/mol. The molecule has 1 aromatic heterocycles. The Kier molecular flexibility index (Phi) is 3.48. The summed E-state index contributed by atoms with van der Waals surface area (Å²) in [5.74, 6) is 0.0263. The SMILES string of the molecule is CC1(C)CC(=O)C2=C(C1)O[C@H](c1ccc(Br)o1)C(C#N)C2=N.